The fourth-order valence-electron chi connectivity index (χ4n) is 2.28. The van der Waals surface area contributed by atoms with Gasteiger partial charge in [-0.3, -0.25) is 0 Å². The Kier molecular flexibility index (Phi) is 4.93. The summed E-state index contributed by atoms with van der Waals surface area (Å²) in [5.41, 5.74) is 7.32. The van der Waals surface area contributed by atoms with Crippen molar-refractivity contribution in [2.45, 2.75) is 12.3 Å². The summed E-state index contributed by atoms with van der Waals surface area (Å²) in [6.45, 7) is 2.38. The zero-order valence-electron chi connectivity index (χ0n) is 11.3. The Bertz CT molecular complexity index is 601. The molecule has 0 bridgehead atoms. The average Bonchev–Trinajstić information content (AvgIpc) is 2.47. The van der Waals surface area contributed by atoms with E-state index in [1.54, 1.807) is 18.7 Å². The third-order valence-corrected chi connectivity index (χ3v) is 6.89. The van der Waals surface area contributed by atoms with Crippen molar-refractivity contribution < 1.29 is 8.42 Å². The summed E-state index contributed by atoms with van der Waals surface area (Å²) in [7, 11) is -3.14. The van der Waals surface area contributed by atoms with Crippen LogP contribution < -0.4 is 10.6 Å². The number of thioether (sulfide) groups is 1. The predicted octanol–water partition coefficient (Wildman–Crippen LogP) is 1.63. The molecule has 110 valence electrons. The maximum Gasteiger partial charge on any atom is 0.171 e. The highest BCUT2D eigenvalue weighted by molar-refractivity contribution is 8.01. The summed E-state index contributed by atoms with van der Waals surface area (Å²) in [5.74, 6) is 1.63. The zero-order chi connectivity index (χ0) is 14.8. The van der Waals surface area contributed by atoms with Gasteiger partial charge in [-0.2, -0.15) is 11.8 Å². The first kappa shape index (κ1) is 15.6. The summed E-state index contributed by atoms with van der Waals surface area (Å²) in [4.78, 5) is 2.23. The first-order chi connectivity index (χ1) is 9.47. The van der Waals surface area contributed by atoms with Gasteiger partial charge < -0.3 is 10.6 Å². The van der Waals surface area contributed by atoms with Gasteiger partial charge in [-0.15, -0.1) is 0 Å². The minimum absolute atomic E-state index is 0.143. The molecule has 1 aromatic carbocycles. The number of nitrogens with two attached hydrogens (primary N) is 1. The van der Waals surface area contributed by atoms with Gasteiger partial charge in [0.2, 0.25) is 0 Å². The van der Waals surface area contributed by atoms with E-state index in [9.17, 15) is 8.42 Å². The Balaban J connectivity index is 2.46. The third-order valence-electron chi connectivity index (χ3n) is 3.38. The molecule has 20 heavy (non-hydrogen) atoms. The summed E-state index contributed by atoms with van der Waals surface area (Å²) >= 11 is 6.75. The lowest BCUT2D eigenvalue weighted by Crippen LogP contribution is -2.48. The van der Waals surface area contributed by atoms with Gasteiger partial charge in [0.1, 0.15) is 10.4 Å². The molecular weight excluding hydrogens is 312 g/mol. The summed E-state index contributed by atoms with van der Waals surface area (Å²) in [6, 6.07) is 7.48. The first-order valence-corrected chi connectivity index (χ1v) is 9.70. The number of anilines is 1. The standard InChI is InChI=1S/C13H18N2O2S3/c1-2-20(16,17)12-9-19-8-7-15(12)11-6-4-3-5-10(11)13(14)18/h3-6,12H,2,7-9H2,1H3,(H2,14,18). The van der Waals surface area contributed by atoms with Crippen molar-refractivity contribution >= 4 is 44.5 Å². The van der Waals surface area contributed by atoms with Gasteiger partial charge in [-0.25, -0.2) is 8.42 Å². The molecule has 2 rings (SSSR count). The highest BCUT2D eigenvalue weighted by atomic mass is 32.2. The Morgan fingerprint density at radius 2 is 2.20 bits per heavy atom. The molecule has 1 atom stereocenters. The lowest BCUT2D eigenvalue weighted by atomic mass is 10.1. The van der Waals surface area contributed by atoms with Crippen molar-refractivity contribution in [3.05, 3.63) is 29.8 Å². The second kappa shape index (κ2) is 6.32. The molecular formula is C13H18N2O2S3. The fourth-order valence-corrected chi connectivity index (χ4v) is 5.44. The van der Waals surface area contributed by atoms with E-state index in [1.165, 1.54) is 0 Å². The third kappa shape index (κ3) is 3.10. The second-order valence-corrected chi connectivity index (χ2v) is 8.59. The summed E-state index contributed by atoms with van der Waals surface area (Å²) in [5, 5.41) is -0.498. The zero-order valence-corrected chi connectivity index (χ0v) is 13.7. The van der Waals surface area contributed by atoms with E-state index in [0.29, 0.717) is 17.3 Å². The minimum Gasteiger partial charge on any atom is -0.389 e. The van der Waals surface area contributed by atoms with Crippen LogP contribution in [0.1, 0.15) is 12.5 Å². The van der Waals surface area contributed by atoms with E-state index in [-0.39, 0.29) is 5.75 Å². The van der Waals surface area contributed by atoms with Crippen LogP contribution in [0.15, 0.2) is 24.3 Å². The monoisotopic (exact) mass is 330 g/mol. The van der Waals surface area contributed by atoms with Crippen LogP contribution in [0.25, 0.3) is 0 Å². The van der Waals surface area contributed by atoms with Gasteiger partial charge in [0.25, 0.3) is 0 Å². The van der Waals surface area contributed by atoms with Crippen LogP contribution in [0.3, 0.4) is 0 Å². The van der Waals surface area contributed by atoms with Crippen molar-refractivity contribution in [2.24, 2.45) is 5.73 Å². The Morgan fingerprint density at radius 3 is 2.85 bits per heavy atom. The minimum atomic E-state index is -3.14. The highest BCUT2D eigenvalue weighted by Crippen LogP contribution is 2.30. The molecule has 1 unspecified atom stereocenters. The van der Waals surface area contributed by atoms with Crippen LogP contribution in [0.4, 0.5) is 5.69 Å². The molecule has 0 aromatic heterocycles. The van der Waals surface area contributed by atoms with E-state index >= 15 is 0 Å². The summed E-state index contributed by atoms with van der Waals surface area (Å²) < 4.78 is 24.6. The average molecular weight is 331 g/mol. The quantitative estimate of drug-likeness (QED) is 0.847. The molecule has 1 fully saturated rings. The molecule has 1 aliphatic heterocycles. The van der Waals surface area contributed by atoms with Crippen LogP contribution in [-0.2, 0) is 9.84 Å². The van der Waals surface area contributed by atoms with E-state index < -0.39 is 15.2 Å². The van der Waals surface area contributed by atoms with Crippen molar-refractivity contribution in [3.63, 3.8) is 0 Å². The van der Waals surface area contributed by atoms with Gasteiger partial charge in [-0.05, 0) is 12.1 Å². The topological polar surface area (TPSA) is 63.4 Å². The largest absolute Gasteiger partial charge is 0.389 e. The number of nitrogens with zero attached hydrogens (tertiary/aromatic N) is 1. The Labute approximate surface area is 129 Å². The molecule has 4 nitrogen and oxygen atoms in total. The SMILES string of the molecule is CCS(=O)(=O)C1CSCCN1c1ccccc1C(N)=S. The maximum atomic E-state index is 12.3. The fraction of sp³-hybridized carbons (Fsp3) is 0.462. The molecule has 1 heterocycles. The van der Waals surface area contributed by atoms with Gasteiger partial charge in [0, 0.05) is 35.1 Å². The van der Waals surface area contributed by atoms with Crippen LogP contribution in [0, 0.1) is 0 Å². The van der Waals surface area contributed by atoms with Crippen molar-refractivity contribution in [1.29, 1.82) is 0 Å². The molecule has 1 aromatic rings. The van der Waals surface area contributed by atoms with Crippen LogP contribution in [0.2, 0.25) is 0 Å². The smallest absolute Gasteiger partial charge is 0.171 e. The first-order valence-electron chi connectivity index (χ1n) is 6.42. The van der Waals surface area contributed by atoms with Crippen molar-refractivity contribution in [1.82, 2.24) is 0 Å². The maximum absolute atomic E-state index is 12.3. The molecule has 7 heteroatoms. The van der Waals surface area contributed by atoms with E-state index in [1.807, 2.05) is 29.2 Å². The Morgan fingerprint density at radius 1 is 1.50 bits per heavy atom. The highest BCUT2D eigenvalue weighted by Gasteiger charge is 2.33. The normalized spacial score (nSPS) is 19.9. The lowest BCUT2D eigenvalue weighted by molar-refractivity contribution is 0.579. The van der Waals surface area contributed by atoms with Crippen molar-refractivity contribution in [2.75, 3.05) is 28.7 Å². The lowest BCUT2D eigenvalue weighted by Gasteiger charge is -2.37. The van der Waals surface area contributed by atoms with E-state index in [0.717, 1.165) is 17.0 Å². The van der Waals surface area contributed by atoms with Gasteiger partial charge in [0.15, 0.2) is 9.84 Å². The number of para-hydroxylation sites is 1. The Hall–Kier alpha value is -0.790. The van der Waals surface area contributed by atoms with Crippen LogP contribution in [-0.4, -0.2) is 42.6 Å². The van der Waals surface area contributed by atoms with Crippen LogP contribution in [0.5, 0.6) is 0 Å². The number of sulfone groups is 1. The molecule has 0 saturated carbocycles. The number of hydrogen-bond acceptors (Lipinski definition) is 5. The van der Waals surface area contributed by atoms with Gasteiger partial charge in [0.05, 0.1) is 0 Å². The van der Waals surface area contributed by atoms with Crippen LogP contribution >= 0.6 is 24.0 Å². The molecule has 1 aliphatic rings. The molecule has 0 aliphatic carbocycles. The van der Waals surface area contributed by atoms with E-state index in [2.05, 4.69) is 0 Å². The number of rotatable bonds is 4. The number of benzene rings is 1. The molecule has 0 spiro atoms. The number of hydrogen-bond donors (Lipinski definition) is 1. The van der Waals surface area contributed by atoms with E-state index in [4.69, 9.17) is 18.0 Å². The molecule has 2 N–H and O–H groups in total. The molecule has 1 saturated heterocycles. The number of thiocarbonyl (C=S) groups is 1. The summed E-state index contributed by atoms with van der Waals surface area (Å²) in [6.07, 6.45) is 0. The second-order valence-electron chi connectivity index (χ2n) is 4.56. The van der Waals surface area contributed by atoms with Gasteiger partial charge in [-0.1, -0.05) is 31.3 Å². The molecule has 0 radical (unpaired) electrons. The molecule has 0 amide bonds. The van der Waals surface area contributed by atoms with Gasteiger partial charge >= 0.3 is 0 Å². The predicted molar refractivity (Wildman–Crippen MR) is 90.2 cm³/mol. The van der Waals surface area contributed by atoms with Crippen molar-refractivity contribution in [3.8, 4) is 0 Å².